The van der Waals surface area contributed by atoms with Crippen LogP contribution in [0.1, 0.15) is 57.3 Å². The molecule has 130 valence electrons. The van der Waals surface area contributed by atoms with Gasteiger partial charge in [0.15, 0.2) is 0 Å². The van der Waals surface area contributed by atoms with Crippen LogP contribution in [0.25, 0.3) is 0 Å². The van der Waals surface area contributed by atoms with Crippen LogP contribution in [-0.2, 0) is 10.0 Å². The van der Waals surface area contributed by atoms with Crippen molar-refractivity contribution in [1.82, 2.24) is 10.0 Å². The van der Waals surface area contributed by atoms with Gasteiger partial charge in [-0.25, -0.2) is 13.1 Å². The summed E-state index contributed by atoms with van der Waals surface area (Å²) in [5.41, 5.74) is -0.271. The molecule has 0 heterocycles. The van der Waals surface area contributed by atoms with E-state index in [1.54, 1.807) is 26.8 Å². The Labute approximate surface area is 147 Å². The quantitative estimate of drug-likeness (QED) is 0.683. The SMILES string of the molecule is CCCCCNC(=O)c1cc(S(=O)(=O)NC(C)(C)C)ccc1Br. The number of halogens is 1. The molecular weight excluding hydrogens is 380 g/mol. The highest BCUT2D eigenvalue weighted by molar-refractivity contribution is 9.10. The topological polar surface area (TPSA) is 75.3 Å². The largest absolute Gasteiger partial charge is 0.352 e. The normalized spacial score (nSPS) is 12.2. The maximum absolute atomic E-state index is 12.4. The predicted octanol–water partition coefficient (Wildman–Crippen LogP) is 3.45. The molecule has 0 atom stereocenters. The molecule has 2 N–H and O–H groups in total. The highest BCUT2D eigenvalue weighted by Crippen LogP contribution is 2.22. The van der Waals surface area contributed by atoms with Gasteiger partial charge in [0.05, 0.1) is 10.5 Å². The maximum Gasteiger partial charge on any atom is 0.252 e. The lowest BCUT2D eigenvalue weighted by Gasteiger charge is -2.20. The minimum Gasteiger partial charge on any atom is -0.352 e. The molecule has 0 fully saturated rings. The molecule has 0 saturated carbocycles. The van der Waals surface area contributed by atoms with E-state index in [0.29, 0.717) is 16.6 Å². The summed E-state index contributed by atoms with van der Waals surface area (Å²) in [6.45, 7) is 7.98. The van der Waals surface area contributed by atoms with Gasteiger partial charge >= 0.3 is 0 Å². The van der Waals surface area contributed by atoms with Gasteiger partial charge in [0.25, 0.3) is 5.91 Å². The second kappa shape index (κ2) is 8.26. The third-order valence-corrected chi connectivity index (χ3v) is 5.45. The van der Waals surface area contributed by atoms with Crippen molar-refractivity contribution >= 4 is 31.9 Å². The number of carbonyl (C=O) groups is 1. The molecule has 0 aliphatic carbocycles. The average molecular weight is 405 g/mol. The number of amides is 1. The molecule has 0 spiro atoms. The first-order chi connectivity index (χ1) is 10.6. The highest BCUT2D eigenvalue weighted by Gasteiger charge is 2.23. The summed E-state index contributed by atoms with van der Waals surface area (Å²) in [5.74, 6) is -0.277. The van der Waals surface area contributed by atoms with E-state index < -0.39 is 15.6 Å². The van der Waals surface area contributed by atoms with E-state index in [1.165, 1.54) is 12.1 Å². The van der Waals surface area contributed by atoms with Crippen molar-refractivity contribution in [2.45, 2.75) is 57.4 Å². The zero-order chi connectivity index (χ0) is 17.7. The number of benzene rings is 1. The van der Waals surface area contributed by atoms with Gasteiger partial charge in [-0.1, -0.05) is 19.8 Å². The van der Waals surface area contributed by atoms with Gasteiger partial charge in [-0.2, -0.15) is 0 Å². The van der Waals surface area contributed by atoms with Crippen LogP contribution in [0.3, 0.4) is 0 Å². The smallest absolute Gasteiger partial charge is 0.252 e. The summed E-state index contributed by atoms with van der Waals surface area (Å²) >= 11 is 3.31. The number of nitrogens with one attached hydrogen (secondary N) is 2. The van der Waals surface area contributed by atoms with Gasteiger partial charge in [0, 0.05) is 16.6 Å². The minimum absolute atomic E-state index is 0.0781. The molecular formula is C16H25BrN2O3S. The van der Waals surface area contributed by atoms with Gasteiger partial charge in [-0.3, -0.25) is 4.79 Å². The number of hydrogen-bond acceptors (Lipinski definition) is 3. The first-order valence-electron chi connectivity index (χ1n) is 7.68. The van der Waals surface area contributed by atoms with Crippen LogP contribution in [0.4, 0.5) is 0 Å². The summed E-state index contributed by atoms with van der Waals surface area (Å²) in [4.78, 5) is 12.3. The van der Waals surface area contributed by atoms with E-state index in [1.807, 2.05) is 0 Å². The molecule has 0 aliphatic rings. The monoisotopic (exact) mass is 404 g/mol. The van der Waals surface area contributed by atoms with Crippen molar-refractivity contribution in [3.63, 3.8) is 0 Å². The Hall–Kier alpha value is -0.920. The zero-order valence-electron chi connectivity index (χ0n) is 14.1. The second-order valence-corrected chi connectivity index (χ2v) is 9.00. The highest BCUT2D eigenvalue weighted by atomic mass is 79.9. The number of hydrogen-bond donors (Lipinski definition) is 2. The third kappa shape index (κ3) is 6.61. The third-order valence-electron chi connectivity index (χ3n) is 3.00. The molecule has 1 rings (SSSR count). The first kappa shape index (κ1) is 20.1. The van der Waals surface area contributed by atoms with Gasteiger partial charge < -0.3 is 5.32 Å². The van der Waals surface area contributed by atoms with Crippen LogP contribution in [0.2, 0.25) is 0 Å². The van der Waals surface area contributed by atoms with E-state index in [-0.39, 0.29) is 10.8 Å². The molecule has 0 bridgehead atoms. The Bertz CT molecular complexity index is 652. The van der Waals surface area contributed by atoms with E-state index in [0.717, 1.165) is 19.3 Å². The second-order valence-electron chi connectivity index (χ2n) is 6.46. The fourth-order valence-corrected chi connectivity index (χ4v) is 3.85. The summed E-state index contributed by atoms with van der Waals surface area (Å²) in [5, 5.41) is 2.82. The summed E-state index contributed by atoms with van der Waals surface area (Å²) in [6, 6.07) is 4.46. The molecule has 1 aromatic rings. The molecule has 0 aromatic heterocycles. The zero-order valence-corrected chi connectivity index (χ0v) is 16.5. The number of rotatable bonds is 7. The Morgan fingerprint density at radius 1 is 1.22 bits per heavy atom. The standard InChI is InChI=1S/C16H25BrN2O3S/c1-5-6-7-10-18-15(20)13-11-12(8-9-14(13)17)23(21,22)19-16(2,3)4/h8-9,11,19H,5-7,10H2,1-4H3,(H,18,20). The van der Waals surface area contributed by atoms with Crippen molar-refractivity contribution in [3.8, 4) is 0 Å². The Morgan fingerprint density at radius 2 is 1.87 bits per heavy atom. The van der Waals surface area contributed by atoms with Crippen LogP contribution < -0.4 is 10.0 Å². The van der Waals surface area contributed by atoms with Crippen molar-refractivity contribution in [2.75, 3.05) is 6.54 Å². The van der Waals surface area contributed by atoms with Crippen LogP contribution in [0.5, 0.6) is 0 Å². The van der Waals surface area contributed by atoms with Crippen LogP contribution in [0, 0.1) is 0 Å². The van der Waals surface area contributed by atoms with Gasteiger partial charge in [0.2, 0.25) is 10.0 Å². The molecule has 1 aromatic carbocycles. The molecule has 0 unspecified atom stereocenters. The van der Waals surface area contributed by atoms with Crippen molar-refractivity contribution in [1.29, 1.82) is 0 Å². The number of unbranched alkanes of at least 4 members (excludes halogenated alkanes) is 2. The molecule has 0 aliphatic heterocycles. The molecule has 0 radical (unpaired) electrons. The number of carbonyl (C=O) groups excluding carboxylic acids is 1. The summed E-state index contributed by atoms with van der Waals surface area (Å²) in [6.07, 6.45) is 3.03. The van der Waals surface area contributed by atoms with Crippen molar-refractivity contribution in [2.24, 2.45) is 0 Å². The summed E-state index contributed by atoms with van der Waals surface area (Å²) < 4.78 is 27.9. The summed E-state index contributed by atoms with van der Waals surface area (Å²) in [7, 11) is -3.67. The Balaban J connectivity index is 2.97. The number of sulfonamides is 1. The fourth-order valence-electron chi connectivity index (χ4n) is 1.98. The minimum atomic E-state index is -3.67. The van der Waals surface area contributed by atoms with Crippen LogP contribution in [0.15, 0.2) is 27.6 Å². The van der Waals surface area contributed by atoms with Crippen LogP contribution in [-0.4, -0.2) is 26.4 Å². The lowest BCUT2D eigenvalue weighted by molar-refractivity contribution is 0.0952. The maximum atomic E-state index is 12.4. The molecule has 5 nitrogen and oxygen atoms in total. The van der Waals surface area contributed by atoms with Crippen molar-refractivity contribution < 1.29 is 13.2 Å². The first-order valence-corrected chi connectivity index (χ1v) is 9.96. The Morgan fingerprint density at radius 3 is 2.43 bits per heavy atom. The molecule has 7 heteroatoms. The van der Waals surface area contributed by atoms with Gasteiger partial charge in [-0.05, 0) is 61.3 Å². The van der Waals surface area contributed by atoms with E-state index in [4.69, 9.17) is 0 Å². The molecule has 1 amide bonds. The van der Waals surface area contributed by atoms with Crippen LogP contribution >= 0.6 is 15.9 Å². The van der Waals surface area contributed by atoms with E-state index >= 15 is 0 Å². The predicted molar refractivity (Wildman–Crippen MR) is 96.1 cm³/mol. The van der Waals surface area contributed by atoms with Gasteiger partial charge in [-0.15, -0.1) is 0 Å². The fraction of sp³-hybridized carbons (Fsp3) is 0.562. The molecule has 0 saturated heterocycles. The molecule has 23 heavy (non-hydrogen) atoms. The van der Waals surface area contributed by atoms with Gasteiger partial charge in [0.1, 0.15) is 0 Å². The average Bonchev–Trinajstić information content (AvgIpc) is 2.41. The van der Waals surface area contributed by atoms with E-state index in [9.17, 15) is 13.2 Å². The van der Waals surface area contributed by atoms with E-state index in [2.05, 4.69) is 32.9 Å². The van der Waals surface area contributed by atoms with Crippen molar-refractivity contribution in [3.05, 3.63) is 28.2 Å². The lowest BCUT2D eigenvalue weighted by Crippen LogP contribution is -2.40. The lowest BCUT2D eigenvalue weighted by atomic mass is 10.1. The Kier molecular flexibility index (Phi) is 7.23.